The van der Waals surface area contributed by atoms with E-state index >= 15 is 0 Å². The molecule has 12 heavy (non-hydrogen) atoms. The van der Waals surface area contributed by atoms with Crippen molar-refractivity contribution in [3.05, 3.63) is 0 Å². The van der Waals surface area contributed by atoms with Crippen LogP contribution in [0.15, 0.2) is 0 Å². The number of halogens is 1. The molecule has 6 heteroatoms. The van der Waals surface area contributed by atoms with Gasteiger partial charge in [0, 0.05) is 0 Å². The molecule has 0 saturated carbocycles. The predicted molar refractivity (Wildman–Crippen MR) is 46.9 cm³/mol. The minimum Gasteiger partial charge on any atom is -0.464 e. The van der Waals surface area contributed by atoms with Gasteiger partial charge in [-0.05, 0) is 13.8 Å². The first-order valence-electron chi connectivity index (χ1n) is 3.60. The fourth-order valence-corrected chi connectivity index (χ4v) is 1.49. The molecule has 0 aliphatic rings. The van der Waals surface area contributed by atoms with Crippen LogP contribution in [0.2, 0.25) is 0 Å². The lowest BCUT2D eigenvalue weighted by molar-refractivity contribution is -0.141. The van der Waals surface area contributed by atoms with E-state index in [4.69, 9.17) is 11.6 Å². The van der Waals surface area contributed by atoms with Crippen molar-refractivity contribution >= 4 is 25.6 Å². The normalized spacial score (nSPS) is 15.2. The largest absolute Gasteiger partial charge is 0.464 e. The summed E-state index contributed by atoms with van der Waals surface area (Å²) in [7, 11) is -2.50. The van der Waals surface area contributed by atoms with Crippen molar-refractivity contribution in [1.82, 2.24) is 0 Å². The van der Waals surface area contributed by atoms with E-state index in [1.165, 1.54) is 0 Å². The molecule has 0 spiro atoms. The number of hydrogen-bond donors (Lipinski definition) is 0. The Hall–Kier alpha value is -0.0500. The van der Waals surface area contributed by atoms with E-state index in [2.05, 4.69) is 9.26 Å². The summed E-state index contributed by atoms with van der Waals surface area (Å²) >= 11 is 5.47. The van der Waals surface area contributed by atoms with E-state index in [9.17, 15) is 9.36 Å². The first-order valence-corrected chi connectivity index (χ1v) is 5.43. The zero-order valence-electron chi connectivity index (χ0n) is 7.00. The maximum Gasteiger partial charge on any atom is 0.333 e. The first kappa shape index (κ1) is 11.9. The number of ether oxygens (including phenoxy) is 1. The second-order valence-electron chi connectivity index (χ2n) is 1.87. The third kappa shape index (κ3) is 4.10. The summed E-state index contributed by atoms with van der Waals surface area (Å²) in [6, 6.07) is 0. The molecule has 0 aliphatic heterocycles. The topological polar surface area (TPSA) is 52.6 Å². The number of esters is 1. The highest BCUT2D eigenvalue weighted by molar-refractivity contribution is 7.44. The Morgan fingerprint density at radius 1 is 1.50 bits per heavy atom. The Kier molecular flexibility index (Phi) is 6.44. The molecule has 0 aromatic carbocycles. The smallest absolute Gasteiger partial charge is 0.333 e. The quantitative estimate of drug-likeness (QED) is 0.397. The molecule has 0 amide bonds. The first-order chi connectivity index (χ1) is 5.63. The van der Waals surface area contributed by atoms with Gasteiger partial charge in [-0.15, -0.1) is 0 Å². The Balaban J connectivity index is 3.91. The van der Waals surface area contributed by atoms with Crippen molar-refractivity contribution < 1.29 is 18.6 Å². The maximum atomic E-state index is 11.0. The summed E-state index contributed by atoms with van der Waals surface area (Å²) < 4.78 is 20.2. The zero-order valence-corrected chi connectivity index (χ0v) is 8.76. The third-order valence-corrected chi connectivity index (χ3v) is 2.92. The summed E-state index contributed by atoms with van der Waals surface area (Å²) in [5, 5.41) is -1.16. The molecule has 4 nitrogen and oxygen atoms in total. The second kappa shape index (κ2) is 6.46. The maximum absolute atomic E-state index is 11.0. The fraction of sp³-hybridized carbons (Fsp3) is 0.833. The van der Waals surface area contributed by atoms with Gasteiger partial charge in [0.1, 0.15) is 0 Å². The molecular weight excluding hydrogens is 202 g/mol. The van der Waals surface area contributed by atoms with Crippen molar-refractivity contribution in [2.45, 2.75) is 19.0 Å². The lowest BCUT2D eigenvalue weighted by atomic mass is 10.7. The molecule has 0 saturated heterocycles. The molecule has 0 radical (unpaired) electrons. The number of alkyl halides is 1. The van der Waals surface area contributed by atoms with Gasteiger partial charge in [0.15, 0.2) is 0 Å². The lowest BCUT2D eigenvalue weighted by Gasteiger charge is -2.07. The molecule has 0 heterocycles. The molecule has 2 atom stereocenters. The van der Waals surface area contributed by atoms with E-state index in [1.807, 2.05) is 0 Å². The van der Waals surface area contributed by atoms with Gasteiger partial charge in [-0.3, -0.25) is 4.57 Å². The Morgan fingerprint density at radius 2 is 2.08 bits per heavy atom. The molecule has 0 bridgehead atoms. The van der Waals surface area contributed by atoms with E-state index in [0.717, 1.165) is 0 Å². The van der Waals surface area contributed by atoms with Crippen LogP contribution in [0, 0.1) is 0 Å². The van der Waals surface area contributed by atoms with Gasteiger partial charge >= 0.3 is 5.97 Å². The van der Waals surface area contributed by atoms with Crippen LogP contribution in [-0.2, 0) is 18.6 Å². The Morgan fingerprint density at radius 3 is 2.50 bits per heavy atom. The summed E-state index contributed by atoms with van der Waals surface area (Å²) in [5.74, 6) is -0.684. The average molecular weight is 215 g/mol. The van der Waals surface area contributed by atoms with Gasteiger partial charge in [-0.25, -0.2) is 4.79 Å². The summed E-state index contributed by atoms with van der Waals surface area (Å²) in [6.07, 6.45) is 0. The monoisotopic (exact) mass is 214 g/mol. The molecule has 72 valence electrons. The minimum atomic E-state index is -2.50. The van der Waals surface area contributed by atoms with Crippen LogP contribution in [0.4, 0.5) is 0 Å². The summed E-state index contributed by atoms with van der Waals surface area (Å²) in [4.78, 5) is 10.9. The molecule has 0 N–H and O–H groups in total. The molecular formula is C6H12ClO4P. The van der Waals surface area contributed by atoms with E-state index < -0.39 is 19.1 Å². The lowest BCUT2D eigenvalue weighted by Crippen LogP contribution is -2.14. The Bertz CT molecular complexity index is 155. The van der Waals surface area contributed by atoms with Gasteiger partial charge in [0.05, 0.1) is 13.2 Å². The second-order valence-corrected chi connectivity index (χ2v) is 4.17. The van der Waals surface area contributed by atoms with Crippen LogP contribution >= 0.6 is 19.6 Å². The molecule has 0 rings (SSSR count). The SMILES string of the molecule is CCOC(=O)C(Cl)[PH](=O)OCC. The predicted octanol–water partition coefficient (Wildman–Crippen LogP) is 1.63. The van der Waals surface area contributed by atoms with Crippen LogP contribution < -0.4 is 0 Å². The average Bonchev–Trinajstić information content (AvgIpc) is 2.04. The van der Waals surface area contributed by atoms with E-state index in [-0.39, 0.29) is 13.2 Å². The summed E-state index contributed by atoms with van der Waals surface area (Å²) in [6.45, 7) is 3.83. The number of carbonyl (C=O) groups is 1. The van der Waals surface area contributed by atoms with Gasteiger partial charge in [0.2, 0.25) is 13.1 Å². The van der Waals surface area contributed by atoms with Gasteiger partial charge in [-0.1, -0.05) is 11.6 Å². The van der Waals surface area contributed by atoms with Crippen LogP contribution in [0.25, 0.3) is 0 Å². The van der Waals surface area contributed by atoms with Crippen molar-refractivity contribution in [1.29, 1.82) is 0 Å². The Labute approximate surface area is 77.0 Å². The van der Waals surface area contributed by atoms with Gasteiger partial charge in [-0.2, -0.15) is 0 Å². The highest BCUT2D eigenvalue weighted by Gasteiger charge is 2.23. The number of carbonyl (C=O) groups excluding carboxylic acids is 1. The van der Waals surface area contributed by atoms with Crippen LogP contribution in [0.3, 0.4) is 0 Å². The van der Waals surface area contributed by atoms with Gasteiger partial charge in [0.25, 0.3) is 0 Å². The van der Waals surface area contributed by atoms with Crippen molar-refractivity contribution in [3.8, 4) is 0 Å². The molecule has 0 aromatic heterocycles. The zero-order chi connectivity index (χ0) is 9.56. The summed E-state index contributed by atoms with van der Waals surface area (Å²) in [5.41, 5.74) is 0. The number of rotatable bonds is 5. The van der Waals surface area contributed by atoms with E-state index in [0.29, 0.717) is 0 Å². The van der Waals surface area contributed by atoms with Gasteiger partial charge < -0.3 is 9.26 Å². The molecule has 0 aliphatic carbocycles. The number of hydrogen-bond acceptors (Lipinski definition) is 4. The van der Waals surface area contributed by atoms with Crippen molar-refractivity contribution in [3.63, 3.8) is 0 Å². The molecule has 0 aromatic rings. The third-order valence-electron chi connectivity index (χ3n) is 0.987. The standard InChI is InChI=1S/C6H12ClO4P/c1-3-10-6(8)5(7)12(9)11-4-2/h5,12H,3-4H2,1-2H3. The highest BCUT2D eigenvalue weighted by Crippen LogP contribution is 2.32. The van der Waals surface area contributed by atoms with Crippen LogP contribution in [0.1, 0.15) is 13.8 Å². The molecule has 2 unspecified atom stereocenters. The van der Waals surface area contributed by atoms with Crippen LogP contribution in [-0.4, -0.2) is 24.3 Å². The molecule has 0 fully saturated rings. The van der Waals surface area contributed by atoms with Crippen molar-refractivity contribution in [2.24, 2.45) is 0 Å². The van der Waals surface area contributed by atoms with E-state index in [1.54, 1.807) is 13.8 Å². The van der Waals surface area contributed by atoms with Crippen molar-refractivity contribution in [2.75, 3.05) is 13.2 Å². The van der Waals surface area contributed by atoms with Crippen LogP contribution in [0.5, 0.6) is 0 Å². The minimum absolute atomic E-state index is 0.226. The highest BCUT2D eigenvalue weighted by atomic mass is 35.5. The fourth-order valence-electron chi connectivity index (χ4n) is 0.527.